The molecule has 0 aliphatic carbocycles. The minimum absolute atomic E-state index is 0.0198. The highest BCUT2D eigenvalue weighted by Gasteiger charge is 2.05. The van der Waals surface area contributed by atoms with Gasteiger partial charge in [-0.25, -0.2) is 4.79 Å². The van der Waals surface area contributed by atoms with Gasteiger partial charge in [0.1, 0.15) is 5.75 Å². The zero-order chi connectivity index (χ0) is 12.7. The smallest absolute Gasteiger partial charge is 0.344 e. The fourth-order valence-corrected chi connectivity index (χ4v) is 1.37. The molecule has 0 spiro atoms. The van der Waals surface area contributed by atoms with Crippen molar-refractivity contribution in [2.45, 2.75) is 33.6 Å². The Labute approximate surface area is 103 Å². The Morgan fingerprint density at radius 3 is 2.76 bits per heavy atom. The highest BCUT2D eigenvalue weighted by Crippen LogP contribution is 2.18. The second-order valence-corrected chi connectivity index (χ2v) is 4.13. The van der Waals surface area contributed by atoms with Crippen LogP contribution in [-0.4, -0.2) is 19.2 Å². The molecular formula is C14H20O3. The van der Waals surface area contributed by atoms with E-state index in [-0.39, 0.29) is 12.6 Å². The highest BCUT2D eigenvalue weighted by atomic mass is 16.6. The number of aryl methyl sites for hydroxylation is 2. The largest absolute Gasteiger partial charge is 0.482 e. The molecule has 17 heavy (non-hydrogen) atoms. The zero-order valence-electron chi connectivity index (χ0n) is 10.8. The molecule has 0 atom stereocenters. The highest BCUT2D eigenvalue weighted by molar-refractivity contribution is 5.71. The average Bonchev–Trinajstić information content (AvgIpc) is 2.31. The Kier molecular flexibility index (Phi) is 5.53. The van der Waals surface area contributed by atoms with Crippen LogP contribution in [0.25, 0.3) is 0 Å². The van der Waals surface area contributed by atoms with Crippen molar-refractivity contribution in [1.82, 2.24) is 0 Å². The summed E-state index contributed by atoms with van der Waals surface area (Å²) in [5.41, 5.74) is 2.14. The van der Waals surface area contributed by atoms with Crippen LogP contribution in [0.15, 0.2) is 18.2 Å². The van der Waals surface area contributed by atoms with Crippen molar-refractivity contribution in [3.8, 4) is 5.75 Å². The number of rotatable bonds is 6. The number of ether oxygens (including phenoxy) is 2. The fraction of sp³-hybridized carbons (Fsp3) is 0.500. The molecular weight excluding hydrogens is 216 g/mol. The van der Waals surface area contributed by atoms with Gasteiger partial charge in [0.2, 0.25) is 0 Å². The van der Waals surface area contributed by atoms with Gasteiger partial charge in [0.15, 0.2) is 6.61 Å². The van der Waals surface area contributed by atoms with Crippen molar-refractivity contribution in [3.63, 3.8) is 0 Å². The van der Waals surface area contributed by atoms with Crippen LogP contribution < -0.4 is 4.74 Å². The van der Waals surface area contributed by atoms with Crippen LogP contribution in [0.4, 0.5) is 0 Å². The quantitative estimate of drug-likeness (QED) is 0.562. The van der Waals surface area contributed by atoms with Crippen molar-refractivity contribution in [1.29, 1.82) is 0 Å². The van der Waals surface area contributed by atoms with Crippen LogP contribution in [0.2, 0.25) is 0 Å². The van der Waals surface area contributed by atoms with Gasteiger partial charge in [-0.3, -0.25) is 0 Å². The molecule has 0 aliphatic heterocycles. The molecule has 0 heterocycles. The monoisotopic (exact) mass is 236 g/mol. The second-order valence-electron chi connectivity index (χ2n) is 4.13. The summed E-state index contributed by atoms with van der Waals surface area (Å²) in [6.45, 7) is 6.46. The molecule has 0 saturated heterocycles. The summed E-state index contributed by atoms with van der Waals surface area (Å²) in [5.74, 6) is 0.441. The van der Waals surface area contributed by atoms with Crippen LogP contribution in [0.3, 0.4) is 0 Å². The molecule has 1 aromatic rings. The molecule has 0 aromatic heterocycles. The molecule has 3 heteroatoms. The molecule has 1 aromatic carbocycles. The minimum atomic E-state index is -0.306. The maximum absolute atomic E-state index is 11.3. The number of hydrogen-bond acceptors (Lipinski definition) is 3. The van der Waals surface area contributed by atoms with Gasteiger partial charge in [0, 0.05) is 0 Å². The van der Waals surface area contributed by atoms with E-state index in [1.807, 2.05) is 32.0 Å². The van der Waals surface area contributed by atoms with Crippen LogP contribution in [0.1, 0.15) is 30.9 Å². The van der Waals surface area contributed by atoms with E-state index in [0.29, 0.717) is 6.61 Å². The molecule has 0 N–H and O–H groups in total. The lowest BCUT2D eigenvalue weighted by Crippen LogP contribution is -2.15. The Morgan fingerprint density at radius 2 is 2.06 bits per heavy atom. The first kappa shape index (κ1) is 13.6. The third kappa shape index (κ3) is 4.89. The fourth-order valence-electron chi connectivity index (χ4n) is 1.37. The molecule has 94 valence electrons. The summed E-state index contributed by atoms with van der Waals surface area (Å²) >= 11 is 0. The van der Waals surface area contributed by atoms with E-state index in [1.54, 1.807) is 0 Å². The van der Waals surface area contributed by atoms with Crippen molar-refractivity contribution < 1.29 is 14.3 Å². The predicted octanol–water partition coefficient (Wildman–Crippen LogP) is 3.03. The van der Waals surface area contributed by atoms with E-state index >= 15 is 0 Å². The lowest BCUT2D eigenvalue weighted by Gasteiger charge is -2.09. The van der Waals surface area contributed by atoms with Crippen molar-refractivity contribution in [2.75, 3.05) is 13.2 Å². The number of hydrogen-bond donors (Lipinski definition) is 0. The number of carbonyl (C=O) groups is 1. The molecule has 0 fully saturated rings. The van der Waals surface area contributed by atoms with E-state index < -0.39 is 0 Å². The van der Waals surface area contributed by atoms with Gasteiger partial charge >= 0.3 is 5.97 Å². The molecule has 0 saturated carbocycles. The molecule has 1 rings (SSSR count). The Hall–Kier alpha value is -1.51. The maximum Gasteiger partial charge on any atom is 0.344 e. The van der Waals surface area contributed by atoms with Crippen LogP contribution in [-0.2, 0) is 9.53 Å². The average molecular weight is 236 g/mol. The predicted molar refractivity (Wildman–Crippen MR) is 67.3 cm³/mol. The van der Waals surface area contributed by atoms with E-state index in [1.165, 1.54) is 0 Å². The number of unbranched alkanes of at least 4 members (excludes halogenated alkanes) is 1. The number of carbonyl (C=O) groups excluding carboxylic acids is 1. The van der Waals surface area contributed by atoms with Gasteiger partial charge < -0.3 is 9.47 Å². The summed E-state index contributed by atoms with van der Waals surface area (Å²) in [6.07, 6.45) is 1.92. The first-order valence-corrected chi connectivity index (χ1v) is 5.99. The molecule has 3 nitrogen and oxygen atoms in total. The third-order valence-electron chi connectivity index (χ3n) is 2.45. The molecule has 0 bridgehead atoms. The first-order valence-electron chi connectivity index (χ1n) is 5.99. The third-order valence-corrected chi connectivity index (χ3v) is 2.45. The van der Waals surface area contributed by atoms with Crippen molar-refractivity contribution in [2.24, 2.45) is 0 Å². The zero-order valence-corrected chi connectivity index (χ0v) is 10.8. The van der Waals surface area contributed by atoms with Crippen LogP contribution in [0.5, 0.6) is 5.75 Å². The van der Waals surface area contributed by atoms with Crippen molar-refractivity contribution >= 4 is 5.97 Å². The second kappa shape index (κ2) is 6.94. The van der Waals surface area contributed by atoms with Gasteiger partial charge in [-0.1, -0.05) is 25.5 Å². The number of benzene rings is 1. The minimum Gasteiger partial charge on any atom is -0.482 e. The summed E-state index contributed by atoms with van der Waals surface area (Å²) in [6, 6.07) is 5.92. The topological polar surface area (TPSA) is 35.5 Å². The lowest BCUT2D eigenvalue weighted by molar-refractivity contribution is -0.146. The summed E-state index contributed by atoms with van der Waals surface area (Å²) in [7, 11) is 0. The Bertz CT molecular complexity index is 372. The summed E-state index contributed by atoms with van der Waals surface area (Å²) < 4.78 is 10.4. The van der Waals surface area contributed by atoms with E-state index in [2.05, 4.69) is 6.92 Å². The first-order chi connectivity index (χ1) is 8.13. The SMILES string of the molecule is CCCCOC(=O)COc1cc(C)ccc1C. The van der Waals surface area contributed by atoms with Gasteiger partial charge in [-0.05, 0) is 37.5 Å². The summed E-state index contributed by atoms with van der Waals surface area (Å²) in [4.78, 5) is 11.3. The van der Waals surface area contributed by atoms with E-state index in [4.69, 9.17) is 9.47 Å². The lowest BCUT2D eigenvalue weighted by atomic mass is 10.1. The molecule has 0 amide bonds. The summed E-state index contributed by atoms with van der Waals surface area (Å²) in [5, 5.41) is 0. The van der Waals surface area contributed by atoms with Crippen LogP contribution in [0, 0.1) is 13.8 Å². The maximum atomic E-state index is 11.3. The van der Waals surface area contributed by atoms with Gasteiger partial charge in [-0.2, -0.15) is 0 Å². The van der Waals surface area contributed by atoms with Gasteiger partial charge in [0.25, 0.3) is 0 Å². The van der Waals surface area contributed by atoms with Gasteiger partial charge in [0.05, 0.1) is 6.61 Å². The molecule has 0 radical (unpaired) electrons. The van der Waals surface area contributed by atoms with Gasteiger partial charge in [-0.15, -0.1) is 0 Å². The standard InChI is InChI=1S/C14H20O3/c1-4-5-8-16-14(15)10-17-13-9-11(2)6-7-12(13)3/h6-7,9H,4-5,8,10H2,1-3H3. The molecule has 0 unspecified atom stereocenters. The van der Waals surface area contributed by atoms with Crippen LogP contribution >= 0.6 is 0 Å². The Balaban J connectivity index is 2.39. The Morgan fingerprint density at radius 1 is 1.29 bits per heavy atom. The van der Waals surface area contributed by atoms with E-state index in [0.717, 1.165) is 29.7 Å². The normalized spacial score (nSPS) is 10.1. The number of esters is 1. The van der Waals surface area contributed by atoms with E-state index in [9.17, 15) is 4.79 Å². The molecule has 0 aliphatic rings. The van der Waals surface area contributed by atoms with Crippen molar-refractivity contribution in [3.05, 3.63) is 29.3 Å².